The number of carbonyl (C=O) groups excluding carboxylic acids is 1. The van der Waals surface area contributed by atoms with Crippen molar-refractivity contribution in [3.05, 3.63) is 17.0 Å². The molecule has 0 bridgehead atoms. The first-order chi connectivity index (χ1) is 9.08. The number of nitrogens with two attached hydrogens (primary N) is 1. The van der Waals surface area contributed by atoms with E-state index in [1.165, 1.54) is 0 Å². The summed E-state index contributed by atoms with van der Waals surface area (Å²) in [7, 11) is 0. The SMILES string of the molecule is Cc1noc(C)c1CSCC(=O)N1CCCC(N)C1. The Balaban J connectivity index is 1.78. The number of likely N-dealkylation sites (tertiary alicyclic amines) is 1. The molecular formula is C13H21N3O2S. The average Bonchev–Trinajstić information content (AvgIpc) is 2.70. The monoisotopic (exact) mass is 283 g/mol. The molecule has 0 aliphatic carbocycles. The maximum Gasteiger partial charge on any atom is 0.232 e. The zero-order valence-corrected chi connectivity index (χ0v) is 12.3. The van der Waals surface area contributed by atoms with Crippen LogP contribution in [-0.4, -0.2) is 40.8 Å². The van der Waals surface area contributed by atoms with Crippen molar-refractivity contribution in [2.24, 2.45) is 5.73 Å². The zero-order valence-electron chi connectivity index (χ0n) is 11.5. The van der Waals surface area contributed by atoms with Gasteiger partial charge >= 0.3 is 0 Å². The summed E-state index contributed by atoms with van der Waals surface area (Å²) in [6.07, 6.45) is 2.04. The third kappa shape index (κ3) is 3.73. The molecule has 2 N–H and O–H groups in total. The van der Waals surface area contributed by atoms with Gasteiger partial charge in [-0.25, -0.2) is 0 Å². The first-order valence-corrected chi connectivity index (χ1v) is 7.76. The van der Waals surface area contributed by atoms with Crippen LogP contribution in [0.5, 0.6) is 0 Å². The van der Waals surface area contributed by atoms with Crippen molar-refractivity contribution in [2.45, 2.75) is 38.5 Å². The highest BCUT2D eigenvalue weighted by atomic mass is 32.2. The van der Waals surface area contributed by atoms with E-state index in [2.05, 4.69) is 5.16 Å². The number of rotatable bonds is 4. The molecule has 1 amide bonds. The number of aryl methyl sites for hydroxylation is 2. The summed E-state index contributed by atoms with van der Waals surface area (Å²) in [5.41, 5.74) is 7.91. The van der Waals surface area contributed by atoms with E-state index in [-0.39, 0.29) is 11.9 Å². The van der Waals surface area contributed by atoms with E-state index in [0.717, 1.165) is 42.2 Å². The van der Waals surface area contributed by atoms with Crippen molar-refractivity contribution in [1.29, 1.82) is 0 Å². The lowest BCUT2D eigenvalue weighted by molar-refractivity contribution is -0.129. The molecule has 0 saturated carbocycles. The van der Waals surface area contributed by atoms with Crippen molar-refractivity contribution in [2.75, 3.05) is 18.8 Å². The topological polar surface area (TPSA) is 72.4 Å². The summed E-state index contributed by atoms with van der Waals surface area (Å²) >= 11 is 1.61. The first-order valence-electron chi connectivity index (χ1n) is 6.60. The van der Waals surface area contributed by atoms with Gasteiger partial charge in [-0.2, -0.15) is 0 Å². The highest BCUT2D eigenvalue weighted by Gasteiger charge is 2.21. The van der Waals surface area contributed by atoms with Gasteiger partial charge in [-0.05, 0) is 26.7 Å². The smallest absolute Gasteiger partial charge is 0.232 e. The van der Waals surface area contributed by atoms with Crippen molar-refractivity contribution < 1.29 is 9.32 Å². The fourth-order valence-corrected chi connectivity index (χ4v) is 3.35. The molecule has 1 aromatic heterocycles. The Hall–Kier alpha value is -1.01. The van der Waals surface area contributed by atoms with Crippen LogP contribution in [0.3, 0.4) is 0 Å². The molecule has 0 radical (unpaired) electrons. The van der Waals surface area contributed by atoms with E-state index in [1.54, 1.807) is 11.8 Å². The van der Waals surface area contributed by atoms with Gasteiger partial charge in [0.05, 0.1) is 11.4 Å². The lowest BCUT2D eigenvalue weighted by Crippen LogP contribution is -2.46. The second-order valence-corrected chi connectivity index (χ2v) is 6.02. The minimum atomic E-state index is 0.144. The molecule has 106 valence electrons. The number of hydrogen-bond acceptors (Lipinski definition) is 5. The van der Waals surface area contributed by atoms with Gasteiger partial charge in [0.15, 0.2) is 0 Å². The fourth-order valence-electron chi connectivity index (χ4n) is 2.28. The molecule has 1 atom stereocenters. The Morgan fingerprint density at radius 3 is 3.00 bits per heavy atom. The Labute approximate surface area is 117 Å². The molecule has 1 aromatic rings. The van der Waals surface area contributed by atoms with Crippen LogP contribution in [0.15, 0.2) is 4.52 Å². The Bertz CT molecular complexity index is 428. The van der Waals surface area contributed by atoms with E-state index >= 15 is 0 Å². The molecule has 1 aliphatic rings. The standard InChI is InChI=1S/C13H21N3O2S/c1-9-12(10(2)18-15-9)7-19-8-13(17)16-5-3-4-11(14)6-16/h11H,3-8,14H2,1-2H3. The molecule has 2 heterocycles. The molecule has 1 fully saturated rings. The number of piperidine rings is 1. The summed E-state index contributed by atoms with van der Waals surface area (Å²) in [4.78, 5) is 13.9. The van der Waals surface area contributed by atoms with E-state index < -0.39 is 0 Å². The second-order valence-electron chi connectivity index (χ2n) is 5.04. The van der Waals surface area contributed by atoms with Crippen LogP contribution < -0.4 is 5.73 Å². The number of amides is 1. The van der Waals surface area contributed by atoms with Gasteiger partial charge in [-0.1, -0.05) is 5.16 Å². The highest BCUT2D eigenvalue weighted by molar-refractivity contribution is 7.99. The third-order valence-electron chi connectivity index (χ3n) is 3.46. The predicted molar refractivity (Wildman–Crippen MR) is 75.9 cm³/mol. The summed E-state index contributed by atoms with van der Waals surface area (Å²) in [5.74, 6) is 2.30. The zero-order chi connectivity index (χ0) is 13.8. The molecular weight excluding hydrogens is 262 g/mol. The van der Waals surface area contributed by atoms with Crippen LogP contribution in [0.1, 0.15) is 29.9 Å². The van der Waals surface area contributed by atoms with Crippen molar-refractivity contribution in [1.82, 2.24) is 10.1 Å². The van der Waals surface area contributed by atoms with Crippen LogP contribution in [-0.2, 0) is 10.5 Å². The molecule has 0 spiro atoms. The van der Waals surface area contributed by atoms with Crippen LogP contribution in [0.4, 0.5) is 0 Å². The van der Waals surface area contributed by atoms with E-state index in [4.69, 9.17) is 10.3 Å². The molecule has 2 rings (SSSR count). The van der Waals surface area contributed by atoms with Crippen LogP contribution in [0, 0.1) is 13.8 Å². The summed E-state index contributed by atoms with van der Waals surface area (Å²) in [6, 6.07) is 0.144. The number of carbonyl (C=O) groups is 1. The van der Waals surface area contributed by atoms with Crippen LogP contribution in [0.25, 0.3) is 0 Å². The van der Waals surface area contributed by atoms with Gasteiger partial charge < -0.3 is 15.2 Å². The van der Waals surface area contributed by atoms with E-state index in [0.29, 0.717) is 12.3 Å². The van der Waals surface area contributed by atoms with Crippen molar-refractivity contribution in [3.8, 4) is 0 Å². The number of hydrogen-bond donors (Lipinski definition) is 1. The third-order valence-corrected chi connectivity index (χ3v) is 4.41. The second kappa shape index (κ2) is 6.43. The normalized spacial score (nSPS) is 19.7. The van der Waals surface area contributed by atoms with E-state index in [1.807, 2.05) is 18.7 Å². The van der Waals surface area contributed by atoms with Crippen LogP contribution in [0.2, 0.25) is 0 Å². The Kier molecular flexibility index (Phi) is 4.87. The van der Waals surface area contributed by atoms with Crippen molar-refractivity contribution in [3.63, 3.8) is 0 Å². The van der Waals surface area contributed by atoms with E-state index in [9.17, 15) is 4.79 Å². The van der Waals surface area contributed by atoms with Gasteiger partial charge in [0.1, 0.15) is 5.76 Å². The molecule has 0 aromatic carbocycles. The molecule has 6 heteroatoms. The quantitative estimate of drug-likeness (QED) is 0.906. The lowest BCUT2D eigenvalue weighted by Gasteiger charge is -2.30. The van der Waals surface area contributed by atoms with Gasteiger partial charge in [-0.3, -0.25) is 4.79 Å². The van der Waals surface area contributed by atoms with Gasteiger partial charge in [-0.15, -0.1) is 11.8 Å². The Morgan fingerprint density at radius 1 is 1.58 bits per heavy atom. The minimum absolute atomic E-state index is 0.144. The number of thioether (sulfide) groups is 1. The predicted octanol–water partition coefficient (Wildman–Crippen LogP) is 1.47. The largest absolute Gasteiger partial charge is 0.361 e. The molecule has 1 saturated heterocycles. The number of nitrogens with zero attached hydrogens (tertiary/aromatic N) is 2. The van der Waals surface area contributed by atoms with Crippen LogP contribution >= 0.6 is 11.8 Å². The molecule has 1 unspecified atom stereocenters. The van der Waals surface area contributed by atoms with Gasteiger partial charge in [0, 0.05) is 30.4 Å². The Morgan fingerprint density at radius 2 is 2.37 bits per heavy atom. The lowest BCUT2D eigenvalue weighted by atomic mass is 10.1. The fraction of sp³-hybridized carbons (Fsp3) is 0.692. The summed E-state index contributed by atoms with van der Waals surface area (Å²) in [5, 5.41) is 3.91. The minimum Gasteiger partial charge on any atom is -0.361 e. The molecule has 5 nitrogen and oxygen atoms in total. The first kappa shape index (κ1) is 14.4. The number of aromatic nitrogens is 1. The van der Waals surface area contributed by atoms with Gasteiger partial charge in [0.25, 0.3) is 0 Å². The molecule has 19 heavy (non-hydrogen) atoms. The summed E-state index contributed by atoms with van der Waals surface area (Å²) in [6.45, 7) is 5.38. The molecule has 1 aliphatic heterocycles. The van der Waals surface area contributed by atoms with Gasteiger partial charge in [0.2, 0.25) is 5.91 Å². The maximum absolute atomic E-state index is 12.1. The summed E-state index contributed by atoms with van der Waals surface area (Å²) < 4.78 is 5.11. The van der Waals surface area contributed by atoms with Crippen molar-refractivity contribution >= 4 is 17.7 Å². The highest BCUT2D eigenvalue weighted by Crippen LogP contribution is 2.20. The maximum atomic E-state index is 12.1. The average molecular weight is 283 g/mol.